The van der Waals surface area contributed by atoms with Crippen molar-refractivity contribution in [2.24, 2.45) is 0 Å². The maximum atomic E-state index is 9.84. The molecule has 2 aromatic rings. The molecule has 4 unspecified atom stereocenters. The topological polar surface area (TPSA) is 54.1 Å². The third-order valence-corrected chi connectivity index (χ3v) is 10.7. The molecule has 0 saturated heterocycles. The van der Waals surface area contributed by atoms with E-state index in [-0.39, 0.29) is 0 Å². The molecule has 0 saturated carbocycles. The molecule has 2 aliphatic rings. The molecule has 4 atom stereocenters. The molecule has 142 valence electrons. The Kier molecular flexibility index (Phi) is 4.88. The van der Waals surface area contributed by atoms with E-state index >= 15 is 0 Å². The molecule has 2 aromatic carbocycles. The van der Waals surface area contributed by atoms with Crippen LogP contribution in [0, 0.1) is 22.7 Å². The fourth-order valence-corrected chi connectivity index (χ4v) is 8.03. The van der Waals surface area contributed by atoms with Gasteiger partial charge >= 0.3 is 0 Å². The van der Waals surface area contributed by atoms with Gasteiger partial charge in [-0.2, -0.15) is 10.5 Å². The zero-order valence-electron chi connectivity index (χ0n) is 15.1. The summed E-state index contributed by atoms with van der Waals surface area (Å²) >= 11 is 14.1. The van der Waals surface area contributed by atoms with Gasteiger partial charge in [-0.3, -0.25) is 0 Å². The Morgan fingerprint density at radius 2 is 1.14 bits per heavy atom. The molecule has 0 radical (unpaired) electrons. The van der Waals surface area contributed by atoms with E-state index in [1.165, 1.54) is 21.6 Å². The molecule has 0 N–H and O–H groups in total. The van der Waals surface area contributed by atoms with Gasteiger partial charge in [0.2, 0.25) is 0 Å². The van der Waals surface area contributed by atoms with Crippen molar-refractivity contribution < 1.29 is 0 Å². The second-order valence-electron chi connectivity index (χ2n) is 6.74. The maximum absolute atomic E-state index is 9.84. The average Bonchev–Trinajstić information content (AvgIpc) is 3.07. The molecular weight excluding hydrogens is 431 g/mol. The lowest BCUT2D eigenvalue weighted by Gasteiger charge is -2.38. The van der Waals surface area contributed by atoms with Crippen LogP contribution in [0.2, 0.25) is 0 Å². The molecular formula is C20H16Cl2N4S2. The van der Waals surface area contributed by atoms with Crippen molar-refractivity contribution in [1.82, 2.24) is 0 Å². The van der Waals surface area contributed by atoms with Crippen LogP contribution < -0.4 is 9.80 Å². The Morgan fingerprint density at radius 3 is 1.50 bits per heavy atom. The lowest BCUT2D eigenvalue weighted by atomic mass is 10.0. The first kappa shape index (κ1) is 19.6. The molecule has 0 fully saturated rings. The smallest absolute Gasteiger partial charge is 0.192 e. The largest absolute Gasteiger partial charge is 0.345 e. The molecule has 0 spiro atoms. The lowest BCUT2D eigenvalue weighted by molar-refractivity contribution is 0.747. The number of alkyl halides is 2. The van der Waals surface area contributed by atoms with Gasteiger partial charge in [0.1, 0.15) is 11.8 Å². The van der Waals surface area contributed by atoms with E-state index in [0.29, 0.717) is 0 Å². The van der Waals surface area contributed by atoms with Crippen molar-refractivity contribution in [3.05, 3.63) is 59.7 Å². The van der Waals surface area contributed by atoms with Crippen molar-refractivity contribution in [3.8, 4) is 12.1 Å². The summed E-state index contributed by atoms with van der Waals surface area (Å²) in [7, 11) is 6.43. The van der Waals surface area contributed by atoms with Gasteiger partial charge < -0.3 is 9.80 Å². The van der Waals surface area contributed by atoms with Crippen LogP contribution in [0.5, 0.6) is 0 Å². The molecule has 4 rings (SSSR count). The van der Waals surface area contributed by atoms with E-state index in [0.717, 1.165) is 22.5 Å². The minimum atomic E-state index is -1.03. The van der Waals surface area contributed by atoms with Crippen molar-refractivity contribution in [1.29, 1.82) is 10.5 Å². The van der Waals surface area contributed by atoms with Crippen molar-refractivity contribution >= 4 is 56.2 Å². The predicted octanol–water partition coefficient (Wildman–Crippen LogP) is 5.67. The average molecular weight is 447 g/mol. The van der Waals surface area contributed by atoms with Gasteiger partial charge in [0.15, 0.2) is 8.66 Å². The van der Waals surface area contributed by atoms with Gasteiger partial charge in [-0.05, 0) is 44.8 Å². The molecule has 4 nitrogen and oxygen atoms in total. The van der Waals surface area contributed by atoms with Crippen LogP contribution in [0.1, 0.15) is 23.0 Å². The highest BCUT2D eigenvalue weighted by molar-refractivity contribution is 8.78. The summed E-state index contributed by atoms with van der Waals surface area (Å²) in [6.45, 7) is 0. The van der Waals surface area contributed by atoms with Gasteiger partial charge in [0.25, 0.3) is 0 Å². The van der Waals surface area contributed by atoms with Gasteiger partial charge in [-0.15, -0.1) is 0 Å². The molecule has 28 heavy (non-hydrogen) atoms. The van der Waals surface area contributed by atoms with Crippen LogP contribution in [0.4, 0.5) is 11.4 Å². The fourth-order valence-electron chi connectivity index (χ4n) is 3.80. The number of anilines is 2. The number of likely N-dealkylation sites (N-methyl/N-ethyl adjacent to an activating group) is 2. The predicted molar refractivity (Wildman–Crippen MR) is 119 cm³/mol. The summed E-state index contributed by atoms with van der Waals surface area (Å²) in [6.07, 6.45) is 0. The van der Waals surface area contributed by atoms with Crippen LogP contribution in [0.3, 0.4) is 0 Å². The second-order valence-corrected chi connectivity index (χ2v) is 10.9. The van der Waals surface area contributed by atoms with Gasteiger partial charge in [0.05, 0.1) is 12.1 Å². The van der Waals surface area contributed by atoms with Gasteiger partial charge in [0, 0.05) is 25.5 Å². The highest BCUT2D eigenvalue weighted by atomic mass is 35.5. The monoisotopic (exact) mass is 446 g/mol. The Balaban J connectivity index is 1.66. The van der Waals surface area contributed by atoms with E-state index in [4.69, 9.17) is 23.2 Å². The SMILES string of the molecule is CN1c2ccccc2C(C#N)C1(Cl)SSC1(Cl)C(C#N)c2ccccc2N1C. The molecule has 0 aliphatic carbocycles. The van der Waals surface area contributed by atoms with Gasteiger partial charge in [-0.1, -0.05) is 59.6 Å². The normalized spacial score (nSPS) is 30.5. The standard InChI is InChI=1S/C20H16Cl2N4S2/c1-25-17-9-5-3-7-13(17)15(11-23)19(25,21)27-28-20(22)16(12-24)14-8-4-6-10-18(14)26(20)2/h3-10,15-16H,1-2H3. The number of hydrogen-bond acceptors (Lipinski definition) is 6. The van der Waals surface area contributed by atoms with Crippen molar-refractivity contribution in [2.75, 3.05) is 23.9 Å². The zero-order chi connectivity index (χ0) is 20.1. The quantitative estimate of drug-likeness (QED) is 0.344. The first-order valence-electron chi connectivity index (χ1n) is 8.58. The number of fused-ring (bicyclic) bond motifs is 2. The zero-order valence-corrected chi connectivity index (χ0v) is 18.3. The van der Waals surface area contributed by atoms with E-state index in [2.05, 4.69) is 12.1 Å². The van der Waals surface area contributed by atoms with Crippen LogP contribution in [0.25, 0.3) is 0 Å². The summed E-state index contributed by atoms with van der Waals surface area (Å²) in [4.78, 5) is 3.83. The van der Waals surface area contributed by atoms with E-state index in [1.54, 1.807) is 0 Å². The summed E-state index contributed by atoms with van der Waals surface area (Å²) in [5.41, 5.74) is 3.67. The van der Waals surface area contributed by atoms with E-state index < -0.39 is 20.5 Å². The first-order valence-corrected chi connectivity index (χ1v) is 11.5. The summed E-state index contributed by atoms with van der Waals surface area (Å²) in [5.74, 6) is -1.05. The van der Waals surface area contributed by atoms with Crippen molar-refractivity contribution in [3.63, 3.8) is 0 Å². The fraction of sp³-hybridized carbons (Fsp3) is 0.300. The highest BCUT2D eigenvalue weighted by Gasteiger charge is 2.56. The van der Waals surface area contributed by atoms with Crippen LogP contribution >= 0.6 is 44.8 Å². The molecule has 0 aromatic heterocycles. The Hall–Kier alpha value is -1.70. The number of halogens is 2. The Labute approximate surface area is 182 Å². The number of benzene rings is 2. The summed E-state index contributed by atoms with van der Waals surface area (Å²) < 4.78 is -2.05. The highest BCUT2D eigenvalue weighted by Crippen LogP contribution is 2.64. The van der Waals surface area contributed by atoms with Crippen LogP contribution in [-0.2, 0) is 0 Å². The number of para-hydroxylation sites is 2. The molecule has 8 heteroatoms. The van der Waals surface area contributed by atoms with E-state index in [1.807, 2.05) is 72.4 Å². The molecule has 0 amide bonds. The third kappa shape index (κ3) is 2.60. The van der Waals surface area contributed by atoms with E-state index in [9.17, 15) is 10.5 Å². The van der Waals surface area contributed by atoms with Crippen LogP contribution in [-0.4, -0.2) is 22.8 Å². The van der Waals surface area contributed by atoms with Crippen LogP contribution in [0.15, 0.2) is 48.5 Å². The number of nitrogens with zero attached hydrogens (tertiary/aromatic N) is 4. The lowest BCUT2D eigenvalue weighted by Crippen LogP contribution is -2.41. The second kappa shape index (κ2) is 6.97. The Morgan fingerprint density at radius 1 is 0.786 bits per heavy atom. The number of rotatable bonds is 3. The van der Waals surface area contributed by atoms with Crippen molar-refractivity contribution in [2.45, 2.75) is 20.5 Å². The minimum Gasteiger partial charge on any atom is -0.345 e. The Bertz CT molecular complexity index is 938. The van der Waals surface area contributed by atoms with Gasteiger partial charge in [-0.25, -0.2) is 0 Å². The summed E-state index contributed by atoms with van der Waals surface area (Å²) in [6, 6.07) is 20.2. The molecule has 2 aliphatic heterocycles. The molecule has 2 heterocycles. The first-order chi connectivity index (χ1) is 13.4. The third-order valence-electron chi connectivity index (χ3n) is 5.38. The number of hydrogen-bond donors (Lipinski definition) is 0. The minimum absolute atomic E-state index is 0.525. The number of nitriles is 2. The molecule has 0 bridgehead atoms. The summed E-state index contributed by atoms with van der Waals surface area (Å²) in [5, 5.41) is 19.7. The maximum Gasteiger partial charge on any atom is 0.192 e.